The molecule has 0 saturated carbocycles. The maximum Gasteiger partial charge on any atom is 0.367 e. The molecule has 0 fully saturated rings. The first-order valence-corrected chi connectivity index (χ1v) is 15.5. The van der Waals surface area contributed by atoms with E-state index in [1.807, 2.05) is 24.5 Å². The first-order valence-electron chi connectivity index (χ1n) is 11.8. The number of benzene rings is 1. The van der Waals surface area contributed by atoms with Crippen molar-refractivity contribution in [2.45, 2.75) is 58.2 Å². The fourth-order valence-electron chi connectivity index (χ4n) is 4.02. The van der Waals surface area contributed by atoms with Gasteiger partial charge in [0.25, 0.3) is 0 Å². The number of nitrogens with zero attached hydrogens (tertiary/aromatic N) is 5. The van der Waals surface area contributed by atoms with E-state index in [1.165, 1.54) is 6.07 Å². The third-order valence-corrected chi connectivity index (χ3v) is 7.59. The molecule has 2 atom stereocenters. The van der Waals surface area contributed by atoms with E-state index < -0.39 is 13.0 Å². The number of hydrazone groups is 1. The molecule has 10 nitrogen and oxygen atoms in total. The molecule has 0 amide bonds. The largest absolute Gasteiger partial charge is 0.418 e. The molecule has 11 heteroatoms. The van der Waals surface area contributed by atoms with Crippen molar-refractivity contribution >= 4 is 31.0 Å². The molecule has 0 radical (unpaired) electrons. The summed E-state index contributed by atoms with van der Waals surface area (Å²) in [5.74, 6) is 0.821. The van der Waals surface area contributed by atoms with Crippen LogP contribution in [-0.4, -0.2) is 46.6 Å². The third-order valence-electron chi connectivity index (χ3n) is 5.88. The quantitative estimate of drug-likeness (QED) is 0.182. The van der Waals surface area contributed by atoms with Crippen LogP contribution in [0.5, 0.6) is 11.6 Å². The summed E-state index contributed by atoms with van der Waals surface area (Å²) in [6.07, 6.45) is 5.55. The summed E-state index contributed by atoms with van der Waals surface area (Å²) in [4.78, 5) is 14.6. The highest BCUT2D eigenvalue weighted by atomic mass is 28.3. The molecule has 1 N–H and O–H groups in total. The number of hydrogen-bond acceptors (Lipinski definition) is 8. The molecular formula is C24H32N6O4Si. The predicted molar refractivity (Wildman–Crippen MR) is 138 cm³/mol. The Labute approximate surface area is 205 Å². The van der Waals surface area contributed by atoms with Crippen LogP contribution in [-0.2, 0) is 17.9 Å². The van der Waals surface area contributed by atoms with Crippen molar-refractivity contribution in [2.75, 3.05) is 6.61 Å². The summed E-state index contributed by atoms with van der Waals surface area (Å²) in [6.45, 7) is 10.1. The van der Waals surface area contributed by atoms with Gasteiger partial charge in [0, 0.05) is 49.4 Å². The number of nitrogens with one attached hydrogen (secondary N) is 1. The SMILES string of the molecule is CC1C=NNC(Cc2ccc(Oc3cccc([N+](=O)[O-])n3)c3c2cnn3COCC[Si](C)(C)C)C1. The number of pyridine rings is 1. The molecule has 3 aromatic rings. The lowest BCUT2D eigenvalue weighted by Gasteiger charge is -2.23. The van der Waals surface area contributed by atoms with Gasteiger partial charge in [-0.15, -0.1) is 0 Å². The van der Waals surface area contributed by atoms with E-state index >= 15 is 0 Å². The Hall–Kier alpha value is -3.31. The number of rotatable bonds is 10. The van der Waals surface area contributed by atoms with Gasteiger partial charge in [0.15, 0.2) is 5.75 Å². The molecule has 1 aliphatic rings. The van der Waals surface area contributed by atoms with Crippen molar-refractivity contribution in [3.63, 3.8) is 0 Å². The second-order valence-electron chi connectivity index (χ2n) is 10.2. The Morgan fingerprint density at radius 3 is 2.83 bits per heavy atom. The van der Waals surface area contributed by atoms with Crippen LogP contribution in [0, 0.1) is 16.0 Å². The van der Waals surface area contributed by atoms with Crippen LogP contribution in [0.2, 0.25) is 25.7 Å². The maximum atomic E-state index is 11.1. The molecule has 186 valence electrons. The molecular weight excluding hydrogens is 464 g/mol. The number of fused-ring (bicyclic) bond motifs is 1. The maximum absolute atomic E-state index is 11.1. The van der Waals surface area contributed by atoms with E-state index in [-0.39, 0.29) is 17.7 Å². The van der Waals surface area contributed by atoms with Crippen LogP contribution >= 0.6 is 0 Å². The summed E-state index contributed by atoms with van der Waals surface area (Å²) >= 11 is 0. The van der Waals surface area contributed by atoms with E-state index in [2.05, 4.69) is 47.2 Å². The number of nitro groups is 1. The van der Waals surface area contributed by atoms with E-state index in [0.29, 0.717) is 25.0 Å². The van der Waals surface area contributed by atoms with Crippen molar-refractivity contribution in [1.82, 2.24) is 20.2 Å². The third kappa shape index (κ3) is 6.43. The topological polar surface area (TPSA) is 117 Å². The minimum absolute atomic E-state index is 0.151. The molecule has 2 unspecified atom stereocenters. The highest BCUT2D eigenvalue weighted by Gasteiger charge is 2.21. The number of ether oxygens (including phenoxy) is 2. The molecule has 0 bridgehead atoms. The van der Waals surface area contributed by atoms with Crippen LogP contribution < -0.4 is 10.2 Å². The normalized spacial score (nSPS) is 17.9. The van der Waals surface area contributed by atoms with Crippen LogP contribution in [0.25, 0.3) is 10.9 Å². The van der Waals surface area contributed by atoms with Gasteiger partial charge in [0.1, 0.15) is 12.2 Å². The molecule has 1 aromatic carbocycles. The Bertz CT molecular complexity index is 1220. The van der Waals surface area contributed by atoms with Crippen LogP contribution in [0.15, 0.2) is 41.6 Å². The zero-order valence-corrected chi connectivity index (χ0v) is 21.6. The van der Waals surface area contributed by atoms with Crippen molar-refractivity contribution in [2.24, 2.45) is 11.0 Å². The molecule has 35 heavy (non-hydrogen) atoms. The average Bonchev–Trinajstić information content (AvgIpc) is 3.23. The second-order valence-corrected chi connectivity index (χ2v) is 15.8. The second kappa shape index (κ2) is 10.5. The zero-order chi connectivity index (χ0) is 25.0. The molecule has 2 aromatic heterocycles. The van der Waals surface area contributed by atoms with Gasteiger partial charge in [-0.2, -0.15) is 10.2 Å². The van der Waals surface area contributed by atoms with Gasteiger partial charge in [-0.1, -0.05) is 32.6 Å². The Kier molecular flexibility index (Phi) is 7.46. The van der Waals surface area contributed by atoms with Gasteiger partial charge in [-0.25, -0.2) is 4.68 Å². The summed E-state index contributed by atoms with van der Waals surface area (Å²) in [5, 5.41) is 21.0. The lowest BCUT2D eigenvalue weighted by molar-refractivity contribution is -0.389. The van der Waals surface area contributed by atoms with Crippen molar-refractivity contribution in [3.8, 4) is 11.6 Å². The van der Waals surface area contributed by atoms with Gasteiger partial charge in [0.05, 0.1) is 6.20 Å². The van der Waals surface area contributed by atoms with Gasteiger partial charge < -0.3 is 25.0 Å². The van der Waals surface area contributed by atoms with Gasteiger partial charge in [-0.05, 0) is 47.4 Å². The number of hydrogen-bond donors (Lipinski definition) is 1. The van der Waals surface area contributed by atoms with E-state index in [0.717, 1.165) is 35.4 Å². The average molecular weight is 497 g/mol. The van der Waals surface area contributed by atoms with Crippen LogP contribution in [0.3, 0.4) is 0 Å². The molecule has 1 aliphatic heterocycles. The molecule has 3 heterocycles. The first-order chi connectivity index (χ1) is 16.7. The van der Waals surface area contributed by atoms with Crippen molar-refractivity contribution in [1.29, 1.82) is 0 Å². The van der Waals surface area contributed by atoms with Gasteiger partial charge in [0.2, 0.25) is 0 Å². The summed E-state index contributed by atoms with van der Waals surface area (Å²) in [5.41, 5.74) is 5.11. The lowest BCUT2D eigenvalue weighted by Crippen LogP contribution is -2.33. The van der Waals surface area contributed by atoms with Crippen molar-refractivity contribution < 1.29 is 14.4 Å². The van der Waals surface area contributed by atoms with E-state index in [1.54, 1.807) is 16.8 Å². The molecule has 0 spiro atoms. The zero-order valence-electron chi connectivity index (χ0n) is 20.6. The Balaban J connectivity index is 1.64. The fourth-order valence-corrected chi connectivity index (χ4v) is 4.78. The highest BCUT2D eigenvalue weighted by Crippen LogP contribution is 2.33. The fraction of sp³-hybridized carbons (Fsp3) is 0.458. The van der Waals surface area contributed by atoms with Crippen LogP contribution in [0.4, 0.5) is 5.82 Å². The predicted octanol–water partition coefficient (Wildman–Crippen LogP) is 4.97. The van der Waals surface area contributed by atoms with Gasteiger partial charge in [-0.3, -0.25) is 0 Å². The Morgan fingerprint density at radius 2 is 2.09 bits per heavy atom. The van der Waals surface area contributed by atoms with Crippen LogP contribution in [0.1, 0.15) is 18.9 Å². The molecule has 4 rings (SSSR count). The Morgan fingerprint density at radius 1 is 1.26 bits per heavy atom. The smallest absolute Gasteiger partial charge is 0.367 e. The van der Waals surface area contributed by atoms with Gasteiger partial charge >= 0.3 is 11.7 Å². The lowest BCUT2D eigenvalue weighted by atomic mass is 9.95. The van der Waals surface area contributed by atoms with Crippen molar-refractivity contribution in [3.05, 3.63) is 52.2 Å². The minimum atomic E-state index is -1.21. The summed E-state index contributed by atoms with van der Waals surface area (Å²) in [6, 6.07) is 9.65. The highest BCUT2D eigenvalue weighted by molar-refractivity contribution is 6.76. The molecule has 0 aliphatic carbocycles. The molecule has 0 saturated heterocycles. The van der Waals surface area contributed by atoms with E-state index in [9.17, 15) is 10.1 Å². The van der Waals surface area contributed by atoms with E-state index in [4.69, 9.17) is 9.47 Å². The minimum Gasteiger partial charge on any atom is -0.418 e. The number of aromatic nitrogens is 3. The first kappa shape index (κ1) is 24.8. The summed E-state index contributed by atoms with van der Waals surface area (Å²) < 4.78 is 13.8. The summed E-state index contributed by atoms with van der Waals surface area (Å²) in [7, 11) is -1.21. The monoisotopic (exact) mass is 496 g/mol. The standard InChI is InChI=1S/C24H32N6O4Si/c1-17-12-19(28-25-14-17)13-18-8-9-21(34-23-7-5-6-22(27-23)30(31)32)24-20(18)15-26-29(24)16-33-10-11-35(2,3)4/h5-9,14-15,17,19,28H,10-13,16H2,1-4H3.